The number of fused-ring (bicyclic) bond motifs is 4. The number of nitrogens with one attached hydrogen (secondary N) is 1. The predicted octanol–water partition coefficient (Wildman–Crippen LogP) is 1.13. The molecule has 2 saturated heterocycles. The number of carbonyl (C=O) groups excluding carboxylic acids is 2. The third-order valence-electron chi connectivity index (χ3n) is 11.8. The van der Waals surface area contributed by atoms with Crippen molar-refractivity contribution in [3.8, 4) is 0 Å². The number of rotatable bonds is 7. The zero-order chi connectivity index (χ0) is 31.0. The van der Waals surface area contributed by atoms with Crippen LogP contribution in [0.5, 0.6) is 0 Å². The number of hydrazine groups is 1. The molecule has 7 unspecified atom stereocenters. The van der Waals surface area contributed by atoms with Crippen LogP contribution in [0, 0.1) is 35.5 Å². The quantitative estimate of drug-likeness (QED) is 0.129. The monoisotopic (exact) mass is 612 g/mol. The number of carbonyl (C=O) groups is 2. The maximum atomic E-state index is 13.8. The number of epoxide rings is 1. The molecule has 2 bridgehead atoms. The molecule has 2 heterocycles. The molecule has 2 aliphatic heterocycles. The summed E-state index contributed by atoms with van der Waals surface area (Å²) in [7, 11) is 0. The first-order valence-corrected chi connectivity index (χ1v) is 16.1. The molecule has 6 N–H and O–H groups in total. The first kappa shape index (κ1) is 30.3. The largest absolute Gasteiger partial charge is 0.450 e. The number of benzene rings is 1. The summed E-state index contributed by atoms with van der Waals surface area (Å²) in [5.74, 6) is 2.79. The number of hydrogen-bond acceptors (Lipinski definition) is 11. The van der Waals surface area contributed by atoms with Crippen LogP contribution in [0.1, 0.15) is 51.5 Å². The molecule has 1 spiro atoms. The number of hydrogen-bond donors (Lipinski definition) is 5. The van der Waals surface area contributed by atoms with Crippen LogP contribution in [-0.4, -0.2) is 81.6 Å². The molecule has 240 valence electrons. The van der Waals surface area contributed by atoms with Crippen molar-refractivity contribution in [3.63, 3.8) is 0 Å². The van der Waals surface area contributed by atoms with Gasteiger partial charge in [0.25, 0.3) is 0 Å². The normalized spacial score (nSPS) is 46.0. The van der Waals surface area contributed by atoms with E-state index in [0.29, 0.717) is 25.9 Å². The fourth-order valence-electron chi connectivity index (χ4n) is 9.09. The van der Waals surface area contributed by atoms with Crippen molar-refractivity contribution < 1.29 is 43.9 Å². The van der Waals surface area contributed by atoms with Crippen LogP contribution >= 0.6 is 0 Å². The minimum Gasteiger partial charge on any atom is -0.450 e. The maximum Gasteiger partial charge on any atom is 0.352 e. The van der Waals surface area contributed by atoms with Crippen LogP contribution < -0.4 is 11.3 Å². The molecule has 11 heteroatoms. The Hall–Kier alpha value is -2.38. The van der Waals surface area contributed by atoms with E-state index in [-0.39, 0.29) is 54.4 Å². The molecule has 0 amide bonds. The molecule has 4 aliphatic carbocycles. The van der Waals surface area contributed by atoms with Crippen molar-refractivity contribution >= 4 is 11.9 Å². The van der Waals surface area contributed by atoms with Gasteiger partial charge < -0.3 is 34.3 Å². The summed E-state index contributed by atoms with van der Waals surface area (Å²) in [4.78, 5) is 27.0. The second kappa shape index (κ2) is 11.2. The van der Waals surface area contributed by atoms with Crippen LogP contribution in [-0.2, 0) is 35.0 Å². The van der Waals surface area contributed by atoms with Gasteiger partial charge in [-0.05, 0) is 43.2 Å². The topological polar surface area (TPSA) is 173 Å². The van der Waals surface area contributed by atoms with Crippen molar-refractivity contribution in [1.29, 1.82) is 0 Å². The molecule has 0 radical (unpaired) electrons. The maximum absolute atomic E-state index is 13.8. The highest BCUT2D eigenvalue weighted by molar-refractivity contribution is 5.81. The van der Waals surface area contributed by atoms with Crippen molar-refractivity contribution in [3.05, 3.63) is 47.7 Å². The Labute approximate surface area is 257 Å². The van der Waals surface area contributed by atoms with Crippen LogP contribution in [0.15, 0.2) is 42.2 Å². The second-order valence-corrected chi connectivity index (χ2v) is 14.1. The second-order valence-electron chi connectivity index (χ2n) is 14.1. The van der Waals surface area contributed by atoms with E-state index in [2.05, 4.69) is 5.43 Å². The molecule has 11 nitrogen and oxygen atoms in total. The Morgan fingerprint density at radius 1 is 1.16 bits per heavy atom. The lowest BCUT2D eigenvalue weighted by Crippen LogP contribution is -2.65. The Morgan fingerprint density at radius 3 is 2.61 bits per heavy atom. The summed E-state index contributed by atoms with van der Waals surface area (Å²) in [6.45, 7) is 4.29. The van der Waals surface area contributed by atoms with Crippen LogP contribution in [0.4, 0.5) is 0 Å². The average molecular weight is 613 g/mol. The standard InChI is InChI=1S/C33H44N2O9/c1-16-25(43-31(39)24(10-18-6-4-3-5-7-18)42-30(38)19-8-9-20(11-19)35-34)14-32(40)13-22-21-15-41-23(21)12-26(36)33(22)29(44-33)28(37)27(16)17(32)2/h3-7,14,16-17,19-24,26-29,35-37,40H,8-13,15,34H2,1-2H3/t16?,17-,19?,20?,21-,22?,23?,24+,26-,27?,28+,29+,32-,33?/m1/s1. The van der Waals surface area contributed by atoms with Gasteiger partial charge in [0.2, 0.25) is 6.10 Å². The summed E-state index contributed by atoms with van der Waals surface area (Å²) in [6.07, 6.45) is 0.683. The zero-order valence-electron chi connectivity index (χ0n) is 25.2. The van der Waals surface area contributed by atoms with Gasteiger partial charge in [-0.25, -0.2) is 4.79 Å². The first-order chi connectivity index (χ1) is 21.1. The van der Waals surface area contributed by atoms with Gasteiger partial charge in [0.1, 0.15) is 17.5 Å². The Balaban J connectivity index is 1.16. The van der Waals surface area contributed by atoms with E-state index >= 15 is 0 Å². The molecule has 0 aromatic heterocycles. The van der Waals surface area contributed by atoms with Crippen molar-refractivity contribution in [2.75, 3.05) is 6.61 Å². The summed E-state index contributed by atoms with van der Waals surface area (Å²) >= 11 is 0. The fraction of sp³-hybridized carbons (Fsp3) is 0.697. The summed E-state index contributed by atoms with van der Waals surface area (Å²) in [5.41, 5.74) is 1.18. The lowest BCUT2D eigenvalue weighted by molar-refractivity contribution is -0.218. The van der Waals surface area contributed by atoms with Gasteiger partial charge >= 0.3 is 11.9 Å². The Morgan fingerprint density at radius 2 is 1.93 bits per heavy atom. The lowest BCUT2D eigenvalue weighted by Gasteiger charge is -2.55. The predicted molar refractivity (Wildman–Crippen MR) is 155 cm³/mol. The van der Waals surface area contributed by atoms with E-state index in [9.17, 15) is 24.9 Å². The highest BCUT2D eigenvalue weighted by Crippen LogP contribution is 2.64. The number of esters is 2. The number of ether oxygens (including phenoxy) is 4. The van der Waals surface area contributed by atoms with Gasteiger partial charge in [-0.1, -0.05) is 44.2 Å². The van der Waals surface area contributed by atoms with E-state index in [1.165, 1.54) is 0 Å². The zero-order valence-corrected chi connectivity index (χ0v) is 25.2. The van der Waals surface area contributed by atoms with E-state index < -0.39 is 59.4 Å². The molecule has 6 aliphatic rings. The van der Waals surface area contributed by atoms with Crippen molar-refractivity contribution in [1.82, 2.24) is 5.43 Å². The van der Waals surface area contributed by atoms with Crippen LogP contribution in [0.3, 0.4) is 0 Å². The van der Waals surface area contributed by atoms with E-state index in [0.717, 1.165) is 12.0 Å². The van der Waals surface area contributed by atoms with Crippen molar-refractivity contribution in [2.24, 2.45) is 41.4 Å². The minimum atomic E-state index is -1.43. The number of allylic oxidation sites excluding steroid dienone is 1. The number of aliphatic hydroxyl groups excluding tert-OH is 2. The minimum absolute atomic E-state index is 0.0168. The molecule has 3 saturated carbocycles. The van der Waals surface area contributed by atoms with Gasteiger partial charge in [0.15, 0.2) is 0 Å². The fourth-order valence-corrected chi connectivity index (χ4v) is 9.09. The molecule has 1 aromatic carbocycles. The SMILES string of the molecule is CC1C(OC(=O)[C@H](Cc2ccccc2)OC(=O)C2CCC(NN)C2)=C[C@]2(O)CC3[C@H]4COC4C[C@@H](O)C34O[C@H]4[C@@H](O)C1[C@H]2C. The molecule has 7 rings (SSSR count). The third kappa shape index (κ3) is 4.83. The molecule has 14 atom stereocenters. The van der Waals surface area contributed by atoms with E-state index in [1.54, 1.807) is 6.08 Å². The summed E-state index contributed by atoms with van der Waals surface area (Å²) in [5, 5.41) is 35.1. The van der Waals surface area contributed by atoms with Crippen LogP contribution in [0.2, 0.25) is 0 Å². The Bertz CT molecular complexity index is 1310. The highest BCUT2D eigenvalue weighted by atomic mass is 16.6. The third-order valence-corrected chi connectivity index (χ3v) is 11.8. The van der Waals surface area contributed by atoms with Gasteiger partial charge in [-0.2, -0.15) is 0 Å². The summed E-state index contributed by atoms with van der Waals surface area (Å²) in [6, 6.07) is 9.31. The van der Waals surface area contributed by atoms with Gasteiger partial charge in [-0.3, -0.25) is 16.1 Å². The highest BCUT2D eigenvalue weighted by Gasteiger charge is 2.76. The molecular formula is C33H44N2O9. The molecular weight excluding hydrogens is 568 g/mol. The summed E-state index contributed by atoms with van der Waals surface area (Å²) < 4.78 is 23.8. The number of aliphatic hydroxyl groups is 3. The van der Waals surface area contributed by atoms with Gasteiger partial charge in [0, 0.05) is 42.6 Å². The van der Waals surface area contributed by atoms with E-state index in [4.69, 9.17) is 24.8 Å². The molecule has 5 fully saturated rings. The average Bonchev–Trinajstić information content (AvgIpc) is 3.56. The Kier molecular flexibility index (Phi) is 7.67. The van der Waals surface area contributed by atoms with E-state index in [1.807, 2.05) is 44.2 Å². The number of nitrogens with two attached hydrogens (primary N) is 1. The molecule has 44 heavy (non-hydrogen) atoms. The first-order valence-electron chi connectivity index (χ1n) is 16.1. The van der Waals surface area contributed by atoms with Crippen LogP contribution in [0.25, 0.3) is 0 Å². The smallest absolute Gasteiger partial charge is 0.352 e. The van der Waals surface area contributed by atoms with Gasteiger partial charge in [0.05, 0.1) is 36.4 Å². The van der Waals surface area contributed by atoms with Gasteiger partial charge in [-0.15, -0.1) is 0 Å². The lowest BCUT2D eigenvalue weighted by atomic mass is 9.54. The molecule has 1 aromatic rings. The van der Waals surface area contributed by atoms with Crippen molar-refractivity contribution in [2.45, 2.75) is 100 Å².